The van der Waals surface area contributed by atoms with Crippen molar-refractivity contribution in [1.82, 2.24) is 10.0 Å². The van der Waals surface area contributed by atoms with Gasteiger partial charge in [0.25, 0.3) is 0 Å². The number of amides is 1. The van der Waals surface area contributed by atoms with E-state index in [9.17, 15) is 13.2 Å². The van der Waals surface area contributed by atoms with Crippen LogP contribution < -0.4 is 14.8 Å². The van der Waals surface area contributed by atoms with E-state index in [0.29, 0.717) is 19.6 Å². The molecule has 0 saturated heterocycles. The summed E-state index contributed by atoms with van der Waals surface area (Å²) >= 11 is 0. The van der Waals surface area contributed by atoms with Crippen LogP contribution in [0.1, 0.15) is 23.1 Å². The molecule has 0 heterocycles. The Balaban J connectivity index is 1.32. The molecule has 3 rings (SSSR count). The van der Waals surface area contributed by atoms with Crippen molar-refractivity contribution in [3.63, 3.8) is 0 Å². The van der Waals surface area contributed by atoms with Crippen LogP contribution in [0.3, 0.4) is 0 Å². The molecule has 1 amide bonds. The Morgan fingerprint density at radius 1 is 0.818 bits per heavy atom. The van der Waals surface area contributed by atoms with Gasteiger partial charge >= 0.3 is 0 Å². The minimum Gasteiger partial charge on any atom is -0.489 e. The summed E-state index contributed by atoms with van der Waals surface area (Å²) in [7, 11) is -3.59. The van der Waals surface area contributed by atoms with Crippen molar-refractivity contribution in [2.45, 2.75) is 19.4 Å². The fourth-order valence-electron chi connectivity index (χ4n) is 3.02. The first-order valence-corrected chi connectivity index (χ1v) is 12.3. The lowest BCUT2D eigenvalue weighted by Gasteiger charge is -2.08. The zero-order valence-electron chi connectivity index (χ0n) is 18.3. The quantitative estimate of drug-likeness (QED) is 0.426. The summed E-state index contributed by atoms with van der Waals surface area (Å²) in [5.74, 6) is 0.591. The van der Waals surface area contributed by atoms with Crippen LogP contribution in [0.2, 0.25) is 0 Å². The van der Waals surface area contributed by atoms with Crippen molar-refractivity contribution in [1.29, 1.82) is 0 Å². The van der Waals surface area contributed by atoms with Crippen molar-refractivity contribution in [3.8, 4) is 5.75 Å². The van der Waals surface area contributed by atoms with Crippen LogP contribution in [0.4, 0.5) is 0 Å². The number of hydrogen-bond acceptors (Lipinski definition) is 4. The fourth-order valence-corrected chi connectivity index (χ4v) is 3.83. The smallest absolute Gasteiger partial charge is 0.233 e. The average molecular weight is 465 g/mol. The first-order valence-electron chi connectivity index (χ1n) is 10.8. The minimum absolute atomic E-state index is 0.0424. The maximum absolute atomic E-state index is 12.0. The molecule has 0 fully saturated rings. The summed E-state index contributed by atoms with van der Waals surface area (Å²) in [6.45, 7) is 1.03. The molecule has 0 aliphatic rings. The Morgan fingerprint density at radius 2 is 1.48 bits per heavy atom. The van der Waals surface area contributed by atoms with Crippen molar-refractivity contribution < 1.29 is 17.9 Å². The molecule has 7 heteroatoms. The number of carbonyl (C=O) groups is 1. The summed E-state index contributed by atoms with van der Waals surface area (Å²) in [6.07, 6.45) is 2.27. The van der Waals surface area contributed by atoms with Gasteiger partial charge in [-0.15, -0.1) is 0 Å². The van der Waals surface area contributed by atoms with Gasteiger partial charge in [0.05, 0.1) is 0 Å². The van der Waals surface area contributed by atoms with E-state index in [1.807, 2.05) is 84.9 Å². The Morgan fingerprint density at radius 3 is 2.18 bits per heavy atom. The second kappa shape index (κ2) is 12.6. The molecule has 6 nitrogen and oxygen atoms in total. The highest BCUT2D eigenvalue weighted by Crippen LogP contribution is 2.14. The third-order valence-electron chi connectivity index (χ3n) is 4.80. The molecule has 0 aliphatic carbocycles. The van der Waals surface area contributed by atoms with E-state index < -0.39 is 10.0 Å². The maximum atomic E-state index is 12.0. The van der Waals surface area contributed by atoms with Crippen molar-refractivity contribution in [2.24, 2.45) is 0 Å². The summed E-state index contributed by atoms with van der Waals surface area (Å²) in [5, 5.41) is 3.92. The maximum Gasteiger partial charge on any atom is 0.233 e. The summed E-state index contributed by atoms with van der Waals surface area (Å²) < 4.78 is 32.2. The van der Waals surface area contributed by atoms with Crippen molar-refractivity contribution >= 4 is 22.0 Å². The summed E-state index contributed by atoms with van der Waals surface area (Å²) in [4.78, 5) is 12.0. The number of carbonyl (C=O) groups excluding carboxylic acids is 1. The van der Waals surface area contributed by atoms with E-state index in [1.54, 1.807) is 0 Å². The van der Waals surface area contributed by atoms with Gasteiger partial charge in [-0.1, -0.05) is 72.8 Å². The highest BCUT2D eigenvalue weighted by atomic mass is 32.2. The standard InChI is InChI=1S/C26H28N2O4S/c29-26(16-19-28-33(30,31)20-17-22-7-3-1-4-8-22)27-18-15-23-11-13-25(14-12-23)32-21-24-9-5-2-6-10-24/h1-14,17,20,28H,15-16,18-19,21H2,(H,27,29). The third kappa shape index (κ3) is 9.31. The average Bonchev–Trinajstić information content (AvgIpc) is 2.83. The zero-order chi connectivity index (χ0) is 23.4. The van der Waals surface area contributed by atoms with E-state index in [2.05, 4.69) is 10.0 Å². The molecule has 0 aliphatic heterocycles. The van der Waals surface area contributed by atoms with Gasteiger partial charge in [0.15, 0.2) is 0 Å². The molecular formula is C26H28N2O4S. The normalized spacial score (nSPS) is 11.4. The van der Waals surface area contributed by atoms with Crippen LogP contribution in [-0.4, -0.2) is 27.4 Å². The van der Waals surface area contributed by atoms with Crippen molar-refractivity contribution in [2.75, 3.05) is 13.1 Å². The number of hydrogen-bond donors (Lipinski definition) is 2. The Bertz CT molecular complexity index is 1130. The van der Waals surface area contributed by atoms with Crippen LogP contribution >= 0.6 is 0 Å². The molecule has 0 spiro atoms. The molecular weight excluding hydrogens is 436 g/mol. The predicted octanol–water partition coefficient (Wildman–Crippen LogP) is 3.90. The van der Waals surface area contributed by atoms with Gasteiger partial charge in [-0.05, 0) is 41.3 Å². The topological polar surface area (TPSA) is 84.5 Å². The molecule has 2 N–H and O–H groups in total. The lowest BCUT2D eigenvalue weighted by Crippen LogP contribution is -2.30. The van der Waals surface area contributed by atoms with E-state index in [-0.39, 0.29) is 18.9 Å². The van der Waals surface area contributed by atoms with Gasteiger partial charge in [-0.2, -0.15) is 0 Å². The van der Waals surface area contributed by atoms with Gasteiger partial charge in [0.1, 0.15) is 12.4 Å². The molecule has 33 heavy (non-hydrogen) atoms. The molecule has 0 bridgehead atoms. The van der Waals surface area contributed by atoms with Gasteiger partial charge in [0, 0.05) is 24.9 Å². The number of nitrogens with one attached hydrogen (secondary N) is 2. The number of benzene rings is 3. The summed E-state index contributed by atoms with van der Waals surface area (Å²) in [5.41, 5.74) is 2.98. The SMILES string of the molecule is O=C(CCNS(=O)(=O)C=Cc1ccccc1)NCCc1ccc(OCc2ccccc2)cc1. The highest BCUT2D eigenvalue weighted by Gasteiger charge is 2.07. The fraction of sp³-hybridized carbons (Fsp3) is 0.192. The second-order valence-electron chi connectivity index (χ2n) is 7.42. The molecule has 0 aromatic heterocycles. The van der Waals surface area contributed by atoms with Crippen LogP contribution in [0.5, 0.6) is 5.75 Å². The lowest BCUT2D eigenvalue weighted by molar-refractivity contribution is -0.120. The first kappa shape index (κ1) is 24.2. The number of ether oxygens (including phenoxy) is 1. The van der Waals surface area contributed by atoms with Gasteiger partial charge in [0.2, 0.25) is 15.9 Å². The van der Waals surface area contributed by atoms with Gasteiger partial charge < -0.3 is 10.1 Å². The van der Waals surface area contributed by atoms with E-state index in [0.717, 1.165) is 27.8 Å². The van der Waals surface area contributed by atoms with E-state index in [1.165, 1.54) is 6.08 Å². The predicted molar refractivity (Wildman–Crippen MR) is 131 cm³/mol. The van der Waals surface area contributed by atoms with Crippen LogP contribution in [-0.2, 0) is 27.8 Å². The van der Waals surface area contributed by atoms with E-state index in [4.69, 9.17) is 4.74 Å². The van der Waals surface area contributed by atoms with Gasteiger partial charge in [-0.25, -0.2) is 13.1 Å². The highest BCUT2D eigenvalue weighted by molar-refractivity contribution is 7.92. The first-order chi connectivity index (χ1) is 16.0. The Hall–Kier alpha value is -3.42. The van der Waals surface area contributed by atoms with Crippen LogP contribution in [0.15, 0.2) is 90.3 Å². The van der Waals surface area contributed by atoms with Gasteiger partial charge in [-0.3, -0.25) is 4.79 Å². The second-order valence-corrected chi connectivity index (χ2v) is 9.07. The lowest BCUT2D eigenvalue weighted by atomic mass is 10.1. The van der Waals surface area contributed by atoms with Crippen molar-refractivity contribution in [3.05, 3.63) is 107 Å². The monoisotopic (exact) mass is 464 g/mol. The minimum atomic E-state index is -3.59. The van der Waals surface area contributed by atoms with Crippen LogP contribution in [0.25, 0.3) is 6.08 Å². The molecule has 0 atom stereocenters. The number of sulfonamides is 1. The summed E-state index contributed by atoms with van der Waals surface area (Å²) in [6, 6.07) is 26.9. The largest absolute Gasteiger partial charge is 0.489 e. The Labute approximate surface area is 195 Å². The molecule has 3 aromatic rings. The van der Waals surface area contributed by atoms with E-state index >= 15 is 0 Å². The number of rotatable bonds is 12. The molecule has 0 unspecified atom stereocenters. The molecule has 172 valence electrons. The zero-order valence-corrected chi connectivity index (χ0v) is 19.1. The molecule has 3 aromatic carbocycles. The molecule has 0 radical (unpaired) electrons. The molecule has 0 saturated carbocycles. The van der Waals surface area contributed by atoms with Crippen LogP contribution in [0, 0.1) is 0 Å². The third-order valence-corrected chi connectivity index (χ3v) is 5.90. The Kier molecular flexibility index (Phi) is 9.23.